The van der Waals surface area contributed by atoms with Gasteiger partial charge in [0, 0.05) is 22.4 Å². The molecule has 0 aromatic rings. The van der Waals surface area contributed by atoms with Gasteiger partial charge in [-0.1, -0.05) is 0 Å². The van der Waals surface area contributed by atoms with Crippen molar-refractivity contribution in [2.75, 3.05) is 0 Å². The summed E-state index contributed by atoms with van der Waals surface area (Å²) in [5.74, 6) is 0. The van der Waals surface area contributed by atoms with Crippen LogP contribution in [-0.4, -0.2) is 96.9 Å². The van der Waals surface area contributed by atoms with Crippen molar-refractivity contribution in [3.8, 4) is 0 Å². The molecule has 4 nitrogen and oxygen atoms in total. The summed E-state index contributed by atoms with van der Waals surface area (Å²) in [4.78, 5) is 29.3. The van der Waals surface area contributed by atoms with Gasteiger partial charge in [0.1, 0.15) is 0 Å². The molecule has 47 valence electrons. The van der Waals surface area contributed by atoms with E-state index in [9.17, 15) is 0 Å². The Kier molecular flexibility index (Phi) is 28.1. The minimum absolute atomic E-state index is 0. The number of hydrogen-bond donors (Lipinski definition) is 4. The smallest absolute Gasteiger partial charge is 0 e. The first-order chi connectivity index (χ1) is 2.00. The van der Waals surface area contributed by atoms with Crippen LogP contribution in [0, 0.1) is 0 Å². The third kappa shape index (κ3) is 63.9. The predicted octanol–water partition coefficient (Wildman–Crippen LogP) is -3.95. The van der Waals surface area contributed by atoms with E-state index in [1.807, 2.05) is 0 Å². The molecule has 0 saturated carbocycles. The van der Waals surface area contributed by atoms with Gasteiger partial charge in [-0.05, 0) is 0 Å². The standard InChI is InChI=1S/Ba.Ga.Nb.H4O4Si.5H/c;;;1-5(2,3)4;;;;;/h;;;1-4H;;;;;/q+2;;;;;;;2*-1. The molecule has 8 heavy (non-hydrogen) atoms. The number of rotatable bonds is 0. The van der Waals surface area contributed by atoms with Gasteiger partial charge in [0.15, 0.2) is 0 Å². The summed E-state index contributed by atoms with van der Waals surface area (Å²) in [6, 6.07) is 0. The molecule has 0 unspecified atom stereocenters. The zero-order valence-corrected chi connectivity index (χ0v) is 11.1. The molecule has 0 fully saturated rings. The first-order valence-electron chi connectivity index (χ1n) is 0.894. The maximum Gasteiger partial charge on any atom is 0 e. The van der Waals surface area contributed by atoms with Crippen LogP contribution in [0.1, 0.15) is 2.85 Å². The van der Waals surface area contributed by atoms with E-state index in [4.69, 9.17) is 19.2 Å². The molecule has 0 aliphatic rings. The zero-order valence-electron chi connectivity index (χ0n) is 5.44. The van der Waals surface area contributed by atoms with Crippen molar-refractivity contribution < 1.29 is 44.4 Å². The Morgan fingerprint density at radius 2 is 1.00 bits per heavy atom. The molecule has 0 amide bonds. The quantitative estimate of drug-likeness (QED) is 0.313. The van der Waals surface area contributed by atoms with E-state index in [0.717, 1.165) is 0 Å². The van der Waals surface area contributed by atoms with E-state index in [-0.39, 0.29) is 93.9 Å². The van der Waals surface area contributed by atoms with Crippen molar-refractivity contribution >= 4 is 77.7 Å². The summed E-state index contributed by atoms with van der Waals surface area (Å²) in [5, 5.41) is 0. The fourth-order valence-electron chi connectivity index (χ4n) is 0. The van der Waals surface area contributed by atoms with E-state index >= 15 is 0 Å². The minimum atomic E-state index is -4.61. The molecule has 4 N–H and O–H groups in total. The van der Waals surface area contributed by atoms with Crippen molar-refractivity contribution in [1.29, 1.82) is 0 Å². The van der Waals surface area contributed by atoms with Gasteiger partial charge >= 0.3 is 77.7 Å². The molecule has 0 aromatic carbocycles. The summed E-state index contributed by atoms with van der Waals surface area (Å²) in [5.41, 5.74) is 0. The van der Waals surface area contributed by atoms with Gasteiger partial charge in [-0.3, -0.25) is 0 Å². The summed E-state index contributed by atoms with van der Waals surface area (Å²) in [6.07, 6.45) is 0. The average molecular weight is 401 g/mol. The molecule has 0 atom stereocenters. The van der Waals surface area contributed by atoms with Crippen molar-refractivity contribution in [3.63, 3.8) is 0 Å². The third-order valence-electron chi connectivity index (χ3n) is 0. The van der Waals surface area contributed by atoms with Crippen molar-refractivity contribution in [3.05, 3.63) is 0 Å². The van der Waals surface area contributed by atoms with E-state index in [1.54, 1.807) is 0 Å². The number of hydrogen-bond acceptors (Lipinski definition) is 4. The Hall–Kier alpha value is 3.00. The van der Waals surface area contributed by atoms with E-state index in [1.165, 1.54) is 0 Å². The van der Waals surface area contributed by atoms with Crippen molar-refractivity contribution in [2.24, 2.45) is 0 Å². The van der Waals surface area contributed by atoms with Crippen LogP contribution in [-0.2, 0) is 22.4 Å². The Morgan fingerprint density at radius 1 is 1.00 bits per heavy atom. The van der Waals surface area contributed by atoms with Crippen LogP contribution in [0.3, 0.4) is 0 Å². The molecule has 8 heteroatoms. The van der Waals surface area contributed by atoms with Crippen LogP contribution in [0.4, 0.5) is 0 Å². The van der Waals surface area contributed by atoms with Gasteiger partial charge in [0.25, 0.3) is 0 Å². The van der Waals surface area contributed by atoms with Crippen LogP contribution in [0.15, 0.2) is 0 Å². The molecule has 0 aliphatic heterocycles. The van der Waals surface area contributed by atoms with Gasteiger partial charge in [-0.25, -0.2) is 0 Å². The van der Waals surface area contributed by atoms with Gasteiger partial charge in [0.05, 0.1) is 0 Å². The van der Waals surface area contributed by atoms with Gasteiger partial charge in [-0.2, -0.15) is 0 Å². The fourth-order valence-corrected chi connectivity index (χ4v) is 0. The molecule has 1 radical (unpaired) electrons. The summed E-state index contributed by atoms with van der Waals surface area (Å²) in [7, 11) is -4.61. The Morgan fingerprint density at radius 3 is 1.00 bits per heavy atom. The van der Waals surface area contributed by atoms with E-state index in [0.29, 0.717) is 0 Å². The van der Waals surface area contributed by atoms with Crippen molar-refractivity contribution in [1.82, 2.24) is 0 Å². The molecular formula is H9BaGaNbO4Si. The molecule has 0 aliphatic carbocycles. The Labute approximate surface area is 120 Å². The van der Waals surface area contributed by atoms with Crippen LogP contribution >= 0.6 is 0 Å². The minimum Gasteiger partial charge on any atom is -1.00 e. The summed E-state index contributed by atoms with van der Waals surface area (Å²) >= 11 is 0. The SMILES string of the molecule is O[Si](O)(O)O.[Ba+2].[GaH3].[H-].[H-].[Nb]. The molecule has 0 heterocycles. The third-order valence-corrected chi connectivity index (χ3v) is 0. The molecule has 0 spiro atoms. The van der Waals surface area contributed by atoms with Gasteiger partial charge in [-0.15, -0.1) is 0 Å². The second-order valence-electron chi connectivity index (χ2n) is 0.600. The maximum absolute atomic E-state index is 7.33. The fraction of sp³-hybridized carbons (Fsp3) is 0. The molecular weight excluding hydrogens is 392 g/mol. The monoisotopic (exact) mass is 401 g/mol. The van der Waals surface area contributed by atoms with E-state index in [2.05, 4.69) is 0 Å². The molecule has 0 bridgehead atoms. The molecule has 0 saturated heterocycles. The first-order valence-corrected chi connectivity index (χ1v) is 2.68. The Balaban J connectivity index is -0.00000000800. The maximum atomic E-state index is 7.33. The zero-order chi connectivity index (χ0) is 4.50. The van der Waals surface area contributed by atoms with Crippen molar-refractivity contribution in [2.45, 2.75) is 0 Å². The second kappa shape index (κ2) is 10.0. The first kappa shape index (κ1) is 22.4. The largest absolute Gasteiger partial charge is 1.00 e. The molecule has 0 rings (SSSR count). The normalized spacial score (nSPS) is 7.50. The van der Waals surface area contributed by atoms with E-state index < -0.39 is 9.05 Å². The summed E-state index contributed by atoms with van der Waals surface area (Å²) < 4.78 is 0. The van der Waals surface area contributed by atoms with Crippen LogP contribution < -0.4 is 0 Å². The average Bonchev–Trinajstić information content (AvgIpc) is 0.722. The second-order valence-corrected chi connectivity index (χ2v) is 1.80. The summed E-state index contributed by atoms with van der Waals surface area (Å²) in [6.45, 7) is 0. The Bertz CT molecular complexity index is 38.7. The topological polar surface area (TPSA) is 80.9 Å². The van der Waals surface area contributed by atoms with Crippen LogP contribution in [0.25, 0.3) is 0 Å². The molecule has 0 aromatic heterocycles. The van der Waals surface area contributed by atoms with Gasteiger partial charge < -0.3 is 22.0 Å². The van der Waals surface area contributed by atoms with Crippen LogP contribution in [0.5, 0.6) is 0 Å². The predicted molar refractivity (Wildman–Crippen MR) is 32.5 cm³/mol. The van der Waals surface area contributed by atoms with Gasteiger partial charge in [0.2, 0.25) is 0 Å². The van der Waals surface area contributed by atoms with Crippen LogP contribution in [0.2, 0.25) is 0 Å².